The first kappa shape index (κ1) is 12.0. The summed E-state index contributed by atoms with van der Waals surface area (Å²) in [5.74, 6) is 0. The van der Waals surface area contributed by atoms with E-state index in [1.54, 1.807) is 0 Å². The van der Waals surface area contributed by atoms with Crippen molar-refractivity contribution in [1.29, 1.82) is 0 Å². The van der Waals surface area contributed by atoms with Crippen molar-refractivity contribution in [2.75, 3.05) is 30.4 Å². The fraction of sp³-hybridized carbons (Fsp3) is 0.500. The summed E-state index contributed by atoms with van der Waals surface area (Å²) in [7, 11) is 0. The van der Waals surface area contributed by atoms with Gasteiger partial charge in [0.15, 0.2) is 0 Å². The van der Waals surface area contributed by atoms with E-state index in [0.717, 1.165) is 31.1 Å². The Hall–Kier alpha value is -0.490. The first-order valence-corrected chi connectivity index (χ1v) is 6.49. The van der Waals surface area contributed by atoms with E-state index >= 15 is 0 Å². The lowest BCUT2D eigenvalue weighted by atomic mass is 10.0. The second-order valence-electron chi connectivity index (χ2n) is 4.72. The molecule has 0 radical (unpaired) electrons. The van der Waals surface area contributed by atoms with Gasteiger partial charge in [-0.05, 0) is 54.6 Å². The molecule has 0 saturated carbocycles. The van der Waals surface area contributed by atoms with Crippen LogP contribution in [-0.4, -0.2) is 25.3 Å². The van der Waals surface area contributed by atoms with Gasteiger partial charge in [-0.15, -0.1) is 0 Å². The number of anilines is 2. The highest BCUT2D eigenvalue weighted by atomic mass is 127. The molecule has 4 heteroatoms. The van der Waals surface area contributed by atoms with Gasteiger partial charge in [0.25, 0.3) is 0 Å². The van der Waals surface area contributed by atoms with Crippen LogP contribution >= 0.6 is 22.6 Å². The third kappa shape index (κ3) is 2.27. The van der Waals surface area contributed by atoms with Crippen molar-refractivity contribution in [3.05, 3.63) is 21.8 Å². The molecule has 0 unspecified atom stereocenters. The van der Waals surface area contributed by atoms with Crippen molar-refractivity contribution in [1.82, 2.24) is 0 Å². The Morgan fingerprint density at radius 1 is 1.44 bits per heavy atom. The molecular weight excluding hydrogens is 315 g/mol. The first-order chi connectivity index (χ1) is 7.50. The Balaban J connectivity index is 2.35. The number of ether oxygens (including phenoxy) is 1. The smallest absolute Gasteiger partial charge is 0.0694 e. The van der Waals surface area contributed by atoms with Crippen molar-refractivity contribution in [3.63, 3.8) is 0 Å². The van der Waals surface area contributed by atoms with Gasteiger partial charge < -0.3 is 15.4 Å². The average Bonchev–Trinajstić information content (AvgIpc) is 2.19. The van der Waals surface area contributed by atoms with Crippen LogP contribution in [0.3, 0.4) is 0 Å². The third-order valence-electron chi connectivity index (χ3n) is 2.93. The van der Waals surface area contributed by atoms with Crippen LogP contribution in [0.2, 0.25) is 0 Å². The molecule has 1 heterocycles. The summed E-state index contributed by atoms with van der Waals surface area (Å²) >= 11 is 2.28. The van der Waals surface area contributed by atoms with Crippen molar-refractivity contribution in [3.8, 4) is 0 Å². The van der Waals surface area contributed by atoms with Crippen LogP contribution in [0.4, 0.5) is 11.4 Å². The number of nitrogen functional groups attached to an aromatic ring is 1. The largest absolute Gasteiger partial charge is 0.397 e. The number of rotatable bonds is 1. The predicted molar refractivity (Wildman–Crippen MR) is 75.8 cm³/mol. The van der Waals surface area contributed by atoms with E-state index in [0.29, 0.717) is 0 Å². The maximum absolute atomic E-state index is 6.09. The molecule has 0 atom stereocenters. The van der Waals surface area contributed by atoms with Gasteiger partial charge in [-0.25, -0.2) is 0 Å². The molecule has 88 valence electrons. The molecule has 0 spiro atoms. The van der Waals surface area contributed by atoms with Crippen LogP contribution in [-0.2, 0) is 4.74 Å². The summed E-state index contributed by atoms with van der Waals surface area (Å²) in [5.41, 5.74) is 8.07. The lowest BCUT2D eigenvalue weighted by molar-refractivity contribution is 0.0645. The van der Waals surface area contributed by atoms with E-state index in [2.05, 4.69) is 53.5 Å². The zero-order valence-corrected chi connectivity index (χ0v) is 11.8. The normalized spacial score (nSPS) is 19.8. The van der Waals surface area contributed by atoms with Crippen LogP contribution < -0.4 is 10.6 Å². The van der Waals surface area contributed by atoms with Gasteiger partial charge >= 0.3 is 0 Å². The molecule has 1 aliphatic rings. The van der Waals surface area contributed by atoms with Gasteiger partial charge in [0.05, 0.1) is 30.1 Å². The molecule has 0 bridgehead atoms. The maximum Gasteiger partial charge on any atom is 0.0694 e. The molecule has 1 aromatic carbocycles. The number of hydrogen-bond acceptors (Lipinski definition) is 3. The van der Waals surface area contributed by atoms with E-state index in [1.807, 2.05) is 6.07 Å². The summed E-state index contributed by atoms with van der Waals surface area (Å²) < 4.78 is 6.69. The zero-order valence-electron chi connectivity index (χ0n) is 9.66. The summed E-state index contributed by atoms with van der Waals surface area (Å²) in [6.07, 6.45) is 0. The van der Waals surface area contributed by atoms with E-state index in [1.165, 1.54) is 3.57 Å². The summed E-state index contributed by atoms with van der Waals surface area (Å²) in [6, 6.07) is 6.21. The van der Waals surface area contributed by atoms with Gasteiger partial charge in [0.2, 0.25) is 0 Å². The van der Waals surface area contributed by atoms with Gasteiger partial charge in [-0.1, -0.05) is 0 Å². The van der Waals surface area contributed by atoms with Crippen LogP contribution in [0.25, 0.3) is 0 Å². The number of hydrogen-bond donors (Lipinski definition) is 1. The summed E-state index contributed by atoms with van der Waals surface area (Å²) in [5, 5.41) is 0. The fourth-order valence-electron chi connectivity index (χ4n) is 2.08. The standard InChI is InChI=1S/C12H17IN2O/c1-12(2)8-16-6-5-15(12)11-4-3-9(13)7-10(11)14/h3-4,7H,5-6,8,14H2,1-2H3. The molecule has 2 N–H and O–H groups in total. The van der Waals surface area contributed by atoms with Crippen LogP contribution in [0.5, 0.6) is 0 Å². The molecule has 1 fully saturated rings. The van der Waals surface area contributed by atoms with Crippen molar-refractivity contribution < 1.29 is 4.74 Å². The molecule has 0 aliphatic carbocycles. The maximum atomic E-state index is 6.09. The lowest BCUT2D eigenvalue weighted by Crippen LogP contribution is -2.53. The van der Waals surface area contributed by atoms with E-state index in [4.69, 9.17) is 10.5 Å². The minimum atomic E-state index is 0.0131. The molecule has 1 aromatic rings. The lowest BCUT2D eigenvalue weighted by Gasteiger charge is -2.44. The molecule has 16 heavy (non-hydrogen) atoms. The Morgan fingerprint density at radius 3 is 2.81 bits per heavy atom. The second-order valence-corrected chi connectivity index (χ2v) is 5.97. The molecule has 3 nitrogen and oxygen atoms in total. The van der Waals surface area contributed by atoms with E-state index in [9.17, 15) is 0 Å². The monoisotopic (exact) mass is 332 g/mol. The number of morpholine rings is 1. The molecular formula is C12H17IN2O. The predicted octanol–water partition coefficient (Wildman–Crippen LogP) is 2.49. The second kappa shape index (κ2) is 4.41. The van der Waals surface area contributed by atoms with E-state index < -0.39 is 0 Å². The Bertz CT molecular complexity index is 393. The number of halogens is 1. The van der Waals surface area contributed by atoms with Crippen LogP contribution in [0.15, 0.2) is 18.2 Å². The van der Waals surface area contributed by atoms with Crippen molar-refractivity contribution in [2.24, 2.45) is 0 Å². The van der Waals surface area contributed by atoms with Crippen LogP contribution in [0.1, 0.15) is 13.8 Å². The van der Waals surface area contributed by atoms with Gasteiger partial charge in [-0.2, -0.15) is 0 Å². The first-order valence-electron chi connectivity index (χ1n) is 5.41. The van der Waals surface area contributed by atoms with Gasteiger partial charge in [0, 0.05) is 10.1 Å². The zero-order chi connectivity index (χ0) is 11.8. The highest BCUT2D eigenvalue weighted by molar-refractivity contribution is 14.1. The minimum absolute atomic E-state index is 0.0131. The van der Waals surface area contributed by atoms with Crippen molar-refractivity contribution in [2.45, 2.75) is 19.4 Å². The third-order valence-corrected chi connectivity index (χ3v) is 3.60. The SMILES string of the molecule is CC1(C)COCCN1c1ccc(I)cc1N. The Morgan fingerprint density at radius 2 is 2.19 bits per heavy atom. The summed E-state index contributed by atoms with van der Waals surface area (Å²) in [4.78, 5) is 2.34. The number of nitrogens with two attached hydrogens (primary N) is 1. The van der Waals surface area contributed by atoms with Crippen molar-refractivity contribution >= 4 is 34.0 Å². The molecule has 0 aromatic heterocycles. The minimum Gasteiger partial charge on any atom is -0.397 e. The topological polar surface area (TPSA) is 38.5 Å². The highest BCUT2D eigenvalue weighted by Crippen LogP contribution is 2.32. The Kier molecular flexibility index (Phi) is 3.30. The molecule has 1 aliphatic heterocycles. The average molecular weight is 332 g/mol. The van der Waals surface area contributed by atoms with Gasteiger partial charge in [-0.3, -0.25) is 0 Å². The molecule has 1 saturated heterocycles. The fourth-order valence-corrected chi connectivity index (χ4v) is 2.59. The van der Waals surface area contributed by atoms with E-state index in [-0.39, 0.29) is 5.54 Å². The van der Waals surface area contributed by atoms with Crippen LogP contribution in [0, 0.1) is 3.57 Å². The molecule has 0 amide bonds. The highest BCUT2D eigenvalue weighted by Gasteiger charge is 2.31. The van der Waals surface area contributed by atoms with Gasteiger partial charge in [0.1, 0.15) is 0 Å². The molecule has 2 rings (SSSR count). The number of benzene rings is 1. The number of nitrogens with zero attached hydrogens (tertiary/aromatic N) is 1. The quantitative estimate of drug-likeness (QED) is 0.634. The Labute approximate surface area is 110 Å². The summed E-state index contributed by atoms with van der Waals surface area (Å²) in [6.45, 7) is 6.79.